The van der Waals surface area contributed by atoms with Crippen molar-refractivity contribution in [2.45, 2.75) is 65.5 Å². The van der Waals surface area contributed by atoms with Gasteiger partial charge in [-0.1, -0.05) is 26.3 Å². The van der Waals surface area contributed by atoms with Crippen molar-refractivity contribution in [1.29, 1.82) is 0 Å². The topological polar surface area (TPSA) is 70.7 Å². The Kier molecular flexibility index (Phi) is 7.11. The molecule has 2 rings (SSSR count). The molecule has 1 fully saturated rings. The Morgan fingerprint density at radius 1 is 1.22 bits per heavy atom. The zero-order chi connectivity index (χ0) is 20.0. The summed E-state index contributed by atoms with van der Waals surface area (Å²) in [5.41, 5.74) is 1.25. The molecule has 1 aromatic rings. The Morgan fingerprint density at radius 2 is 1.89 bits per heavy atom. The summed E-state index contributed by atoms with van der Waals surface area (Å²) in [6.07, 6.45) is 2.59. The van der Waals surface area contributed by atoms with Crippen molar-refractivity contribution >= 4 is 23.4 Å². The summed E-state index contributed by atoms with van der Waals surface area (Å²) >= 11 is 0. The molecule has 1 heterocycles. The van der Waals surface area contributed by atoms with E-state index in [0.717, 1.165) is 30.9 Å². The van der Waals surface area contributed by atoms with Crippen molar-refractivity contribution in [3.05, 3.63) is 24.3 Å². The number of alkyl carbamates (subject to hydrolysis) is 1. The van der Waals surface area contributed by atoms with Crippen molar-refractivity contribution in [2.75, 3.05) is 23.3 Å². The second kappa shape index (κ2) is 9.11. The fraction of sp³-hybridized carbons (Fsp3) is 0.619. The largest absolute Gasteiger partial charge is 0.444 e. The Bertz CT molecular complexity index is 648. The monoisotopic (exact) mass is 375 g/mol. The first-order chi connectivity index (χ1) is 12.7. The molecule has 0 spiro atoms. The Balaban J connectivity index is 2.07. The van der Waals surface area contributed by atoms with Crippen LogP contribution in [0, 0.1) is 5.92 Å². The standard InChI is InChI=1S/C21H33N3O3/c1-6-15(2)18(23-20(26)27-21(3,4)5)19(25)22-16-10-9-11-17(14-16)24-12-7-8-13-24/h9-11,14-15,18H,6-8,12-13H2,1-5H3,(H,22,25)(H,23,26). The van der Waals surface area contributed by atoms with Gasteiger partial charge in [0.15, 0.2) is 0 Å². The normalized spacial score (nSPS) is 16.6. The van der Waals surface area contributed by atoms with E-state index in [2.05, 4.69) is 21.6 Å². The molecular formula is C21H33N3O3. The van der Waals surface area contributed by atoms with E-state index in [1.807, 2.05) is 32.0 Å². The number of carbonyl (C=O) groups excluding carboxylic acids is 2. The summed E-state index contributed by atoms with van der Waals surface area (Å²) < 4.78 is 5.31. The van der Waals surface area contributed by atoms with E-state index in [1.165, 1.54) is 12.8 Å². The number of nitrogens with zero attached hydrogens (tertiary/aromatic N) is 1. The molecular weight excluding hydrogens is 342 g/mol. The minimum absolute atomic E-state index is 0.0146. The number of anilines is 2. The fourth-order valence-corrected chi connectivity index (χ4v) is 3.11. The number of amides is 2. The highest BCUT2D eigenvalue weighted by atomic mass is 16.6. The zero-order valence-corrected chi connectivity index (χ0v) is 17.2. The van der Waals surface area contributed by atoms with Gasteiger partial charge in [-0.25, -0.2) is 4.79 Å². The summed E-state index contributed by atoms with van der Waals surface area (Å²) in [7, 11) is 0. The van der Waals surface area contributed by atoms with E-state index < -0.39 is 17.7 Å². The first-order valence-electron chi connectivity index (χ1n) is 9.85. The third-order valence-corrected chi connectivity index (χ3v) is 4.75. The van der Waals surface area contributed by atoms with E-state index in [0.29, 0.717) is 0 Å². The predicted molar refractivity (Wildman–Crippen MR) is 109 cm³/mol. The lowest BCUT2D eigenvalue weighted by Gasteiger charge is -2.26. The molecule has 1 aliphatic rings. The molecule has 2 N–H and O–H groups in total. The zero-order valence-electron chi connectivity index (χ0n) is 17.2. The number of nitrogens with one attached hydrogen (secondary N) is 2. The van der Waals surface area contributed by atoms with Crippen molar-refractivity contribution < 1.29 is 14.3 Å². The van der Waals surface area contributed by atoms with Gasteiger partial charge >= 0.3 is 6.09 Å². The summed E-state index contributed by atoms with van der Waals surface area (Å²) in [5, 5.41) is 5.68. The second-order valence-electron chi connectivity index (χ2n) is 8.24. The molecule has 1 saturated heterocycles. The molecule has 0 aromatic heterocycles. The molecule has 6 nitrogen and oxygen atoms in total. The molecule has 1 aliphatic heterocycles. The molecule has 2 atom stereocenters. The molecule has 0 bridgehead atoms. The van der Waals surface area contributed by atoms with E-state index in [4.69, 9.17) is 4.74 Å². The van der Waals surface area contributed by atoms with Gasteiger partial charge in [-0.05, 0) is 57.7 Å². The van der Waals surface area contributed by atoms with Gasteiger partial charge in [-0.3, -0.25) is 4.79 Å². The summed E-state index contributed by atoms with van der Waals surface area (Å²) in [6.45, 7) is 11.4. The average molecular weight is 376 g/mol. The summed E-state index contributed by atoms with van der Waals surface area (Å²) in [6, 6.07) is 7.22. The van der Waals surface area contributed by atoms with Gasteiger partial charge in [0.25, 0.3) is 0 Å². The molecule has 2 amide bonds. The van der Waals surface area contributed by atoms with Crippen LogP contribution in [0.2, 0.25) is 0 Å². The lowest BCUT2D eigenvalue weighted by atomic mass is 9.98. The summed E-state index contributed by atoms with van der Waals surface area (Å²) in [4.78, 5) is 27.3. The van der Waals surface area contributed by atoms with Gasteiger partial charge in [0.1, 0.15) is 11.6 Å². The van der Waals surface area contributed by atoms with Gasteiger partial charge in [0, 0.05) is 24.5 Å². The van der Waals surface area contributed by atoms with Gasteiger partial charge in [-0.15, -0.1) is 0 Å². The van der Waals surface area contributed by atoms with Crippen LogP contribution in [-0.4, -0.2) is 36.7 Å². The minimum Gasteiger partial charge on any atom is -0.444 e. The maximum Gasteiger partial charge on any atom is 0.408 e. The molecule has 0 saturated carbocycles. The van der Waals surface area contributed by atoms with E-state index in [9.17, 15) is 9.59 Å². The summed E-state index contributed by atoms with van der Waals surface area (Å²) in [5.74, 6) is -0.243. The van der Waals surface area contributed by atoms with Gasteiger partial charge in [-0.2, -0.15) is 0 Å². The maximum absolute atomic E-state index is 12.9. The van der Waals surface area contributed by atoms with Crippen LogP contribution >= 0.6 is 0 Å². The van der Waals surface area contributed by atoms with E-state index >= 15 is 0 Å². The Labute approximate surface area is 162 Å². The van der Waals surface area contributed by atoms with E-state index in [1.54, 1.807) is 20.8 Å². The molecule has 2 unspecified atom stereocenters. The van der Waals surface area contributed by atoms with Crippen molar-refractivity contribution in [2.24, 2.45) is 5.92 Å². The molecule has 6 heteroatoms. The van der Waals surface area contributed by atoms with Gasteiger partial charge < -0.3 is 20.3 Å². The quantitative estimate of drug-likeness (QED) is 0.783. The highest BCUT2D eigenvalue weighted by molar-refractivity contribution is 5.97. The van der Waals surface area contributed by atoms with Crippen LogP contribution in [0.5, 0.6) is 0 Å². The first kappa shape index (κ1) is 21.1. The van der Waals surface area contributed by atoms with Gasteiger partial charge in [0.2, 0.25) is 5.91 Å². The highest BCUT2D eigenvalue weighted by Gasteiger charge is 2.28. The maximum atomic E-state index is 12.9. The van der Waals surface area contributed by atoms with Crippen molar-refractivity contribution in [3.63, 3.8) is 0 Å². The van der Waals surface area contributed by atoms with Crippen LogP contribution in [0.25, 0.3) is 0 Å². The number of rotatable bonds is 6. The van der Waals surface area contributed by atoms with Crippen LogP contribution in [0.1, 0.15) is 53.9 Å². The van der Waals surface area contributed by atoms with Gasteiger partial charge in [0.05, 0.1) is 0 Å². The van der Waals surface area contributed by atoms with Crippen LogP contribution < -0.4 is 15.5 Å². The van der Waals surface area contributed by atoms with Crippen LogP contribution in [-0.2, 0) is 9.53 Å². The van der Waals surface area contributed by atoms with Crippen molar-refractivity contribution in [3.8, 4) is 0 Å². The molecule has 0 radical (unpaired) electrons. The fourth-order valence-electron chi connectivity index (χ4n) is 3.11. The van der Waals surface area contributed by atoms with Crippen LogP contribution in [0.15, 0.2) is 24.3 Å². The minimum atomic E-state index is -0.653. The second-order valence-corrected chi connectivity index (χ2v) is 8.24. The predicted octanol–water partition coefficient (Wildman–Crippen LogP) is 4.16. The number of hydrogen-bond acceptors (Lipinski definition) is 4. The number of carbonyl (C=O) groups is 2. The van der Waals surface area contributed by atoms with Crippen molar-refractivity contribution in [1.82, 2.24) is 5.32 Å². The SMILES string of the molecule is CCC(C)C(NC(=O)OC(C)(C)C)C(=O)Nc1cccc(N2CCCC2)c1. The third-order valence-electron chi connectivity index (χ3n) is 4.75. The lowest BCUT2D eigenvalue weighted by molar-refractivity contribution is -0.119. The average Bonchev–Trinajstić information content (AvgIpc) is 3.12. The number of benzene rings is 1. The molecule has 27 heavy (non-hydrogen) atoms. The Hall–Kier alpha value is -2.24. The first-order valence-corrected chi connectivity index (χ1v) is 9.85. The molecule has 1 aromatic carbocycles. The molecule has 0 aliphatic carbocycles. The smallest absolute Gasteiger partial charge is 0.408 e. The Morgan fingerprint density at radius 3 is 2.48 bits per heavy atom. The number of ether oxygens (including phenoxy) is 1. The third kappa shape index (κ3) is 6.45. The lowest BCUT2D eigenvalue weighted by Crippen LogP contribution is -2.49. The van der Waals surface area contributed by atoms with Crippen LogP contribution in [0.3, 0.4) is 0 Å². The van der Waals surface area contributed by atoms with E-state index in [-0.39, 0.29) is 11.8 Å². The molecule has 150 valence electrons. The number of hydrogen-bond donors (Lipinski definition) is 2. The van der Waals surface area contributed by atoms with Crippen LogP contribution in [0.4, 0.5) is 16.2 Å². The highest BCUT2D eigenvalue weighted by Crippen LogP contribution is 2.24.